The zero-order valence-electron chi connectivity index (χ0n) is 5.87. The van der Waals surface area contributed by atoms with Crippen LogP contribution < -0.4 is 0 Å². The predicted molar refractivity (Wildman–Crippen MR) is 43.0 cm³/mol. The molecule has 0 aliphatic heterocycles. The van der Waals surface area contributed by atoms with Gasteiger partial charge in [-0.3, -0.25) is 0 Å². The first-order valence-electron chi connectivity index (χ1n) is 3.01. The summed E-state index contributed by atoms with van der Waals surface area (Å²) in [6.45, 7) is 0. The molecule has 0 unspecified atom stereocenters. The molecule has 1 heterocycles. The summed E-state index contributed by atoms with van der Waals surface area (Å²) in [5.74, 6) is -0.729. The fourth-order valence-electron chi connectivity index (χ4n) is 0.707. The van der Waals surface area contributed by atoms with Crippen molar-refractivity contribution in [2.45, 2.75) is 5.75 Å². The van der Waals surface area contributed by atoms with E-state index in [2.05, 4.69) is 4.98 Å². The second-order valence-corrected chi connectivity index (χ2v) is 3.89. The van der Waals surface area contributed by atoms with E-state index in [-0.39, 0.29) is 10.8 Å². The van der Waals surface area contributed by atoms with E-state index in [0.717, 1.165) is 0 Å². The lowest BCUT2D eigenvalue weighted by molar-refractivity contribution is 0.550. The third kappa shape index (κ3) is 3.15. The number of hydrogen-bond donors (Lipinski definition) is 0. The molecular formula is C6H5ClFNO2S. The molecule has 0 spiro atoms. The number of aromatic nitrogens is 1. The van der Waals surface area contributed by atoms with Gasteiger partial charge in [-0.25, -0.2) is 4.98 Å². The summed E-state index contributed by atoms with van der Waals surface area (Å²) in [5, 5.41) is 0.149. The van der Waals surface area contributed by atoms with Gasteiger partial charge in [0.25, 0.3) is 0 Å². The van der Waals surface area contributed by atoms with Gasteiger partial charge in [0, 0.05) is 0 Å². The highest BCUT2D eigenvalue weighted by Crippen LogP contribution is 2.08. The van der Waals surface area contributed by atoms with Crippen molar-refractivity contribution in [1.29, 1.82) is 0 Å². The molecule has 0 saturated carbocycles. The van der Waals surface area contributed by atoms with Crippen LogP contribution in [0.2, 0.25) is 5.15 Å². The average molecular weight is 210 g/mol. The zero-order valence-corrected chi connectivity index (χ0v) is 7.44. The Morgan fingerprint density at radius 3 is 2.67 bits per heavy atom. The van der Waals surface area contributed by atoms with Crippen molar-refractivity contribution < 1.29 is 12.3 Å². The van der Waals surface area contributed by atoms with Crippen LogP contribution in [0, 0.1) is 0 Å². The first-order chi connectivity index (χ1) is 5.47. The number of pyridine rings is 1. The lowest BCUT2D eigenvalue weighted by atomic mass is 10.4. The molecule has 0 aromatic carbocycles. The number of hydrogen-bond acceptors (Lipinski definition) is 3. The van der Waals surface area contributed by atoms with Crippen LogP contribution in [0.1, 0.15) is 5.69 Å². The van der Waals surface area contributed by atoms with Gasteiger partial charge in [0.15, 0.2) is 0 Å². The highest BCUT2D eigenvalue weighted by Gasteiger charge is 2.09. The third-order valence-electron chi connectivity index (χ3n) is 1.09. The summed E-state index contributed by atoms with van der Waals surface area (Å²) in [6, 6.07) is 4.38. The maximum Gasteiger partial charge on any atom is 0.308 e. The first-order valence-corrected chi connectivity index (χ1v) is 4.94. The first kappa shape index (κ1) is 9.41. The van der Waals surface area contributed by atoms with Crippen LogP contribution in [0.15, 0.2) is 18.2 Å². The van der Waals surface area contributed by atoms with Crippen LogP contribution in [0.4, 0.5) is 3.89 Å². The van der Waals surface area contributed by atoms with Crippen molar-refractivity contribution in [2.24, 2.45) is 0 Å². The summed E-state index contributed by atoms with van der Waals surface area (Å²) in [5.41, 5.74) is 0.102. The highest BCUT2D eigenvalue weighted by molar-refractivity contribution is 7.85. The van der Waals surface area contributed by atoms with E-state index in [1.54, 1.807) is 0 Å². The summed E-state index contributed by atoms with van der Waals surface area (Å²) >= 11 is 5.45. The number of rotatable bonds is 2. The fourth-order valence-corrected chi connectivity index (χ4v) is 1.40. The minimum absolute atomic E-state index is 0.102. The molecule has 66 valence electrons. The maximum absolute atomic E-state index is 12.1. The van der Waals surface area contributed by atoms with E-state index in [0.29, 0.717) is 0 Å². The SMILES string of the molecule is O=S(=O)(F)Cc1cccc(Cl)n1. The van der Waals surface area contributed by atoms with Gasteiger partial charge < -0.3 is 0 Å². The quantitative estimate of drug-likeness (QED) is 0.548. The van der Waals surface area contributed by atoms with Gasteiger partial charge in [-0.1, -0.05) is 17.7 Å². The molecule has 6 heteroatoms. The highest BCUT2D eigenvalue weighted by atomic mass is 35.5. The average Bonchev–Trinajstić information content (AvgIpc) is 1.82. The Balaban J connectivity index is 2.91. The molecule has 1 aromatic rings. The Bertz CT molecular complexity index is 379. The molecule has 0 bridgehead atoms. The second kappa shape index (κ2) is 3.37. The molecule has 0 fully saturated rings. The van der Waals surface area contributed by atoms with Crippen LogP contribution in [0.25, 0.3) is 0 Å². The van der Waals surface area contributed by atoms with Crippen molar-refractivity contribution in [1.82, 2.24) is 4.98 Å². The molecule has 0 aliphatic carbocycles. The maximum atomic E-state index is 12.1. The molecule has 0 atom stereocenters. The second-order valence-electron chi connectivity index (χ2n) is 2.13. The number of nitrogens with zero attached hydrogens (tertiary/aromatic N) is 1. The summed E-state index contributed by atoms with van der Waals surface area (Å²) in [7, 11) is -4.52. The largest absolute Gasteiger partial charge is 0.308 e. The van der Waals surface area contributed by atoms with Gasteiger partial charge in [-0.05, 0) is 12.1 Å². The Morgan fingerprint density at radius 1 is 1.50 bits per heavy atom. The number of halogens is 2. The van der Waals surface area contributed by atoms with Crippen LogP contribution in [0.5, 0.6) is 0 Å². The van der Waals surface area contributed by atoms with Crippen LogP contribution in [0.3, 0.4) is 0 Å². The van der Waals surface area contributed by atoms with E-state index in [4.69, 9.17) is 11.6 Å². The molecule has 1 rings (SSSR count). The lowest BCUT2D eigenvalue weighted by Gasteiger charge is -1.95. The monoisotopic (exact) mass is 209 g/mol. The summed E-state index contributed by atoms with van der Waals surface area (Å²) < 4.78 is 32.4. The molecule has 0 N–H and O–H groups in total. The third-order valence-corrected chi connectivity index (χ3v) is 1.94. The zero-order chi connectivity index (χ0) is 9.19. The summed E-state index contributed by atoms with van der Waals surface area (Å²) in [6.07, 6.45) is 0. The van der Waals surface area contributed by atoms with Gasteiger partial charge in [0.05, 0.1) is 5.69 Å². The fraction of sp³-hybridized carbons (Fsp3) is 0.167. The van der Waals surface area contributed by atoms with Crippen molar-refractivity contribution >= 4 is 21.8 Å². The van der Waals surface area contributed by atoms with Gasteiger partial charge in [0.2, 0.25) is 0 Å². The van der Waals surface area contributed by atoms with Crippen molar-refractivity contribution in [3.05, 3.63) is 29.0 Å². The van der Waals surface area contributed by atoms with Gasteiger partial charge >= 0.3 is 10.2 Å². The molecule has 0 amide bonds. The Hall–Kier alpha value is -0.680. The molecule has 3 nitrogen and oxygen atoms in total. The van der Waals surface area contributed by atoms with E-state index >= 15 is 0 Å². The smallest absolute Gasteiger partial charge is 0.240 e. The normalized spacial score (nSPS) is 11.5. The molecule has 0 aliphatic rings. The lowest BCUT2D eigenvalue weighted by Crippen LogP contribution is -1.98. The molecule has 0 saturated heterocycles. The van der Waals surface area contributed by atoms with Crippen LogP contribution in [-0.4, -0.2) is 13.4 Å². The van der Waals surface area contributed by atoms with E-state index in [1.807, 2.05) is 0 Å². The van der Waals surface area contributed by atoms with E-state index in [1.165, 1.54) is 18.2 Å². The molecular weight excluding hydrogens is 205 g/mol. The van der Waals surface area contributed by atoms with Gasteiger partial charge in [-0.15, -0.1) is 3.89 Å². The van der Waals surface area contributed by atoms with Gasteiger partial charge in [-0.2, -0.15) is 8.42 Å². The molecule has 12 heavy (non-hydrogen) atoms. The van der Waals surface area contributed by atoms with Crippen LogP contribution >= 0.6 is 11.6 Å². The summed E-state index contributed by atoms with van der Waals surface area (Å²) in [4.78, 5) is 3.60. The minimum Gasteiger partial charge on any atom is -0.240 e. The van der Waals surface area contributed by atoms with E-state index < -0.39 is 16.0 Å². The van der Waals surface area contributed by atoms with Crippen molar-refractivity contribution in [3.8, 4) is 0 Å². The molecule has 1 aromatic heterocycles. The Morgan fingerprint density at radius 2 is 2.17 bits per heavy atom. The van der Waals surface area contributed by atoms with Gasteiger partial charge in [0.1, 0.15) is 10.9 Å². The van der Waals surface area contributed by atoms with Crippen LogP contribution in [-0.2, 0) is 16.0 Å². The standard InChI is InChI=1S/C6H5ClFNO2S/c7-6-3-1-2-5(9-6)4-12(8,10)11/h1-3H,4H2. The Labute approximate surface area is 74.4 Å². The van der Waals surface area contributed by atoms with Crippen molar-refractivity contribution in [3.63, 3.8) is 0 Å². The predicted octanol–water partition coefficient (Wildman–Crippen LogP) is 1.53. The molecule has 0 radical (unpaired) electrons. The van der Waals surface area contributed by atoms with Crippen molar-refractivity contribution in [2.75, 3.05) is 0 Å². The van der Waals surface area contributed by atoms with E-state index in [9.17, 15) is 12.3 Å². The Kier molecular flexibility index (Phi) is 2.64. The minimum atomic E-state index is -4.52. The topological polar surface area (TPSA) is 47.0 Å².